The summed E-state index contributed by atoms with van der Waals surface area (Å²) in [4.78, 5) is 10.4. The van der Waals surface area contributed by atoms with Crippen LogP contribution in [-0.2, 0) is 4.79 Å². The smallest absolute Gasteiger partial charge is 0.217 e. The maximum atomic E-state index is 10.4. The van der Waals surface area contributed by atoms with Gasteiger partial charge in [-0.3, -0.25) is 4.79 Å². The van der Waals surface area contributed by atoms with Gasteiger partial charge in [0.15, 0.2) is 0 Å². The third-order valence-corrected chi connectivity index (χ3v) is 1.95. The van der Waals surface area contributed by atoms with E-state index in [1.807, 2.05) is 0 Å². The highest BCUT2D eigenvalue weighted by atomic mass is 16.1. The van der Waals surface area contributed by atoms with Crippen molar-refractivity contribution in [1.82, 2.24) is 0 Å². The Morgan fingerprint density at radius 3 is 2.46 bits per heavy atom. The number of carbonyl (C=O) groups is 1. The molecule has 2 nitrogen and oxygen atoms in total. The van der Waals surface area contributed by atoms with Crippen LogP contribution in [0.15, 0.2) is 12.2 Å². The van der Waals surface area contributed by atoms with Crippen LogP contribution in [0.5, 0.6) is 0 Å². The lowest BCUT2D eigenvalue weighted by Gasteiger charge is -1.94. The van der Waals surface area contributed by atoms with Gasteiger partial charge in [0.05, 0.1) is 0 Å². The van der Waals surface area contributed by atoms with Crippen molar-refractivity contribution in [2.45, 2.75) is 51.9 Å². The zero-order valence-corrected chi connectivity index (χ0v) is 8.59. The predicted molar refractivity (Wildman–Crippen MR) is 56.3 cm³/mol. The van der Waals surface area contributed by atoms with Crippen molar-refractivity contribution < 1.29 is 4.79 Å². The quantitative estimate of drug-likeness (QED) is 0.456. The molecule has 0 aliphatic rings. The van der Waals surface area contributed by atoms with Crippen LogP contribution >= 0.6 is 0 Å². The Hall–Kier alpha value is -0.790. The van der Waals surface area contributed by atoms with Crippen LogP contribution in [-0.4, -0.2) is 5.91 Å². The van der Waals surface area contributed by atoms with E-state index in [4.69, 9.17) is 5.73 Å². The molecule has 0 saturated heterocycles. The molecule has 76 valence electrons. The fourth-order valence-corrected chi connectivity index (χ4v) is 1.15. The SMILES string of the molecule is CCCCCC/C=C/CCC(N)=O. The highest BCUT2D eigenvalue weighted by molar-refractivity contribution is 5.73. The van der Waals surface area contributed by atoms with E-state index < -0.39 is 0 Å². The van der Waals surface area contributed by atoms with Crippen LogP contribution in [0.3, 0.4) is 0 Å². The standard InChI is InChI=1S/C11H21NO/c1-2-3-4-5-6-7-8-9-10-11(12)13/h7-8H,2-6,9-10H2,1H3,(H2,12,13)/b8-7+. The summed E-state index contributed by atoms with van der Waals surface area (Å²) in [5.41, 5.74) is 5.00. The van der Waals surface area contributed by atoms with Crippen molar-refractivity contribution in [3.63, 3.8) is 0 Å². The van der Waals surface area contributed by atoms with E-state index in [0.29, 0.717) is 6.42 Å². The Kier molecular flexibility index (Phi) is 8.73. The number of nitrogens with two attached hydrogens (primary N) is 1. The number of allylic oxidation sites excluding steroid dienone is 2. The fourth-order valence-electron chi connectivity index (χ4n) is 1.15. The molecule has 0 unspecified atom stereocenters. The normalized spacial score (nSPS) is 10.8. The minimum absolute atomic E-state index is 0.212. The first-order valence-corrected chi connectivity index (χ1v) is 5.20. The summed E-state index contributed by atoms with van der Waals surface area (Å²) in [7, 11) is 0. The van der Waals surface area contributed by atoms with Crippen molar-refractivity contribution in [1.29, 1.82) is 0 Å². The molecule has 0 saturated carbocycles. The number of carbonyl (C=O) groups excluding carboxylic acids is 1. The average Bonchev–Trinajstić information content (AvgIpc) is 2.09. The van der Waals surface area contributed by atoms with Crippen molar-refractivity contribution in [3.05, 3.63) is 12.2 Å². The van der Waals surface area contributed by atoms with Crippen LogP contribution in [0, 0.1) is 0 Å². The number of amides is 1. The van der Waals surface area contributed by atoms with Gasteiger partial charge in [-0.25, -0.2) is 0 Å². The van der Waals surface area contributed by atoms with Gasteiger partial charge in [0, 0.05) is 6.42 Å². The molecule has 0 heterocycles. The molecule has 0 bridgehead atoms. The van der Waals surface area contributed by atoms with Gasteiger partial charge in [0.1, 0.15) is 0 Å². The zero-order chi connectivity index (χ0) is 9.94. The second-order valence-electron chi connectivity index (χ2n) is 3.33. The van der Waals surface area contributed by atoms with Crippen LogP contribution < -0.4 is 5.73 Å². The highest BCUT2D eigenvalue weighted by Gasteiger charge is 1.89. The highest BCUT2D eigenvalue weighted by Crippen LogP contribution is 2.03. The Morgan fingerprint density at radius 1 is 1.15 bits per heavy atom. The number of hydrogen-bond acceptors (Lipinski definition) is 1. The number of primary amides is 1. The van der Waals surface area contributed by atoms with E-state index in [2.05, 4.69) is 19.1 Å². The topological polar surface area (TPSA) is 43.1 Å². The van der Waals surface area contributed by atoms with Crippen molar-refractivity contribution in [3.8, 4) is 0 Å². The maximum Gasteiger partial charge on any atom is 0.217 e. The van der Waals surface area contributed by atoms with E-state index in [1.54, 1.807) is 0 Å². The van der Waals surface area contributed by atoms with Gasteiger partial charge in [0.25, 0.3) is 0 Å². The van der Waals surface area contributed by atoms with Gasteiger partial charge in [-0.05, 0) is 19.3 Å². The molecule has 0 rings (SSSR count). The van der Waals surface area contributed by atoms with Crippen LogP contribution in [0.25, 0.3) is 0 Å². The lowest BCUT2D eigenvalue weighted by Crippen LogP contribution is -2.08. The van der Waals surface area contributed by atoms with Gasteiger partial charge in [-0.15, -0.1) is 0 Å². The molecule has 0 aromatic carbocycles. The van der Waals surface area contributed by atoms with Crippen molar-refractivity contribution in [2.24, 2.45) is 5.73 Å². The van der Waals surface area contributed by atoms with Gasteiger partial charge in [0.2, 0.25) is 5.91 Å². The molecule has 2 N–H and O–H groups in total. The molecular weight excluding hydrogens is 162 g/mol. The van der Waals surface area contributed by atoms with Crippen molar-refractivity contribution >= 4 is 5.91 Å². The molecule has 0 spiro atoms. The molecule has 0 fully saturated rings. The maximum absolute atomic E-state index is 10.4. The minimum atomic E-state index is -0.212. The summed E-state index contributed by atoms with van der Waals surface area (Å²) < 4.78 is 0. The summed E-state index contributed by atoms with van der Waals surface area (Å²) in [5.74, 6) is -0.212. The van der Waals surface area contributed by atoms with E-state index in [-0.39, 0.29) is 5.91 Å². The molecule has 0 radical (unpaired) electrons. The van der Waals surface area contributed by atoms with Crippen molar-refractivity contribution in [2.75, 3.05) is 0 Å². The zero-order valence-electron chi connectivity index (χ0n) is 8.59. The lowest BCUT2D eigenvalue weighted by molar-refractivity contribution is -0.117. The first-order valence-electron chi connectivity index (χ1n) is 5.20. The molecule has 0 aromatic heterocycles. The van der Waals surface area contributed by atoms with Crippen LogP contribution in [0.1, 0.15) is 51.9 Å². The first kappa shape index (κ1) is 12.2. The van der Waals surface area contributed by atoms with E-state index in [9.17, 15) is 4.79 Å². The number of rotatable bonds is 8. The lowest BCUT2D eigenvalue weighted by atomic mass is 10.1. The van der Waals surface area contributed by atoms with Gasteiger partial charge >= 0.3 is 0 Å². The second kappa shape index (κ2) is 9.30. The minimum Gasteiger partial charge on any atom is -0.370 e. The van der Waals surface area contributed by atoms with Crippen LogP contribution in [0.2, 0.25) is 0 Å². The Morgan fingerprint density at radius 2 is 1.85 bits per heavy atom. The van der Waals surface area contributed by atoms with E-state index in [1.165, 1.54) is 25.7 Å². The number of hydrogen-bond donors (Lipinski definition) is 1. The van der Waals surface area contributed by atoms with E-state index >= 15 is 0 Å². The Bertz CT molecular complexity index is 152. The molecule has 0 atom stereocenters. The first-order chi connectivity index (χ1) is 6.27. The molecule has 1 amide bonds. The largest absolute Gasteiger partial charge is 0.370 e. The summed E-state index contributed by atoms with van der Waals surface area (Å²) in [6.07, 6.45) is 11.8. The molecule has 0 aliphatic carbocycles. The summed E-state index contributed by atoms with van der Waals surface area (Å²) in [5, 5.41) is 0. The Labute approximate surface area is 81.2 Å². The Balaban J connectivity index is 3.08. The van der Waals surface area contributed by atoms with Gasteiger partial charge < -0.3 is 5.73 Å². The monoisotopic (exact) mass is 183 g/mol. The number of unbranched alkanes of at least 4 members (excludes halogenated alkanes) is 4. The molecule has 0 aromatic rings. The fraction of sp³-hybridized carbons (Fsp3) is 0.727. The van der Waals surface area contributed by atoms with Gasteiger partial charge in [-0.2, -0.15) is 0 Å². The summed E-state index contributed by atoms with van der Waals surface area (Å²) >= 11 is 0. The van der Waals surface area contributed by atoms with E-state index in [0.717, 1.165) is 12.8 Å². The summed E-state index contributed by atoms with van der Waals surface area (Å²) in [6.45, 7) is 2.21. The second-order valence-corrected chi connectivity index (χ2v) is 3.33. The molecule has 13 heavy (non-hydrogen) atoms. The summed E-state index contributed by atoms with van der Waals surface area (Å²) in [6, 6.07) is 0. The molecule has 0 aliphatic heterocycles. The molecule has 2 heteroatoms. The third kappa shape index (κ3) is 11.2. The predicted octanol–water partition coefficient (Wildman–Crippen LogP) is 2.78. The van der Waals surface area contributed by atoms with Gasteiger partial charge in [-0.1, -0.05) is 38.3 Å². The van der Waals surface area contributed by atoms with Crippen LogP contribution in [0.4, 0.5) is 0 Å². The molecular formula is C11H21NO. The average molecular weight is 183 g/mol. The third-order valence-electron chi connectivity index (χ3n) is 1.95.